The molecule has 0 bridgehead atoms. The highest BCUT2D eigenvalue weighted by atomic mass is 16.3. The van der Waals surface area contributed by atoms with Crippen LogP contribution in [0, 0.1) is 5.41 Å². The normalized spacial score (nSPS) is 30.3. The molecule has 104 valence electrons. The van der Waals surface area contributed by atoms with Crippen molar-refractivity contribution in [1.82, 2.24) is 10.2 Å². The Morgan fingerprint density at radius 2 is 1.94 bits per heavy atom. The lowest BCUT2D eigenvalue weighted by molar-refractivity contribution is -0.166. The molecule has 0 radical (unpaired) electrons. The topological polar surface area (TPSA) is 52.6 Å². The average molecular weight is 254 g/mol. The van der Waals surface area contributed by atoms with Crippen molar-refractivity contribution in [2.24, 2.45) is 5.41 Å². The first kappa shape index (κ1) is 13.8. The van der Waals surface area contributed by atoms with Crippen molar-refractivity contribution in [2.45, 2.75) is 51.6 Å². The summed E-state index contributed by atoms with van der Waals surface area (Å²) in [6.45, 7) is 7.02. The van der Waals surface area contributed by atoms with Crippen LogP contribution in [0.25, 0.3) is 0 Å². The van der Waals surface area contributed by atoms with Crippen LogP contribution in [0.4, 0.5) is 0 Å². The van der Waals surface area contributed by atoms with Gasteiger partial charge < -0.3 is 15.3 Å². The second-order valence-electron chi connectivity index (χ2n) is 6.09. The largest absolute Gasteiger partial charge is 0.386 e. The van der Waals surface area contributed by atoms with E-state index in [1.807, 2.05) is 4.90 Å². The van der Waals surface area contributed by atoms with Gasteiger partial charge in [-0.15, -0.1) is 0 Å². The van der Waals surface area contributed by atoms with Gasteiger partial charge in [0.15, 0.2) is 0 Å². The number of amides is 1. The summed E-state index contributed by atoms with van der Waals surface area (Å²) < 4.78 is 0. The smallest absolute Gasteiger partial charge is 0.230 e. The molecule has 0 saturated carbocycles. The van der Waals surface area contributed by atoms with Crippen LogP contribution in [0.3, 0.4) is 0 Å². The van der Waals surface area contributed by atoms with Crippen LogP contribution in [-0.4, -0.2) is 47.7 Å². The number of carbonyl (C=O) groups is 1. The summed E-state index contributed by atoms with van der Waals surface area (Å²) in [6.07, 6.45) is 4.72. The van der Waals surface area contributed by atoms with Gasteiger partial charge in [-0.25, -0.2) is 0 Å². The predicted octanol–water partition coefficient (Wildman–Crippen LogP) is 1.14. The van der Waals surface area contributed by atoms with Crippen molar-refractivity contribution >= 4 is 5.91 Å². The third-order valence-corrected chi connectivity index (χ3v) is 4.40. The summed E-state index contributed by atoms with van der Waals surface area (Å²) in [5, 5.41) is 13.5. The van der Waals surface area contributed by atoms with Gasteiger partial charge >= 0.3 is 0 Å². The van der Waals surface area contributed by atoms with Crippen LogP contribution in [0.1, 0.15) is 46.0 Å². The Hall–Kier alpha value is -0.610. The fraction of sp³-hybridized carbons (Fsp3) is 0.929. The second kappa shape index (κ2) is 5.17. The van der Waals surface area contributed by atoms with Gasteiger partial charge in [-0.2, -0.15) is 0 Å². The summed E-state index contributed by atoms with van der Waals surface area (Å²) in [7, 11) is 0. The molecule has 2 aliphatic rings. The molecular formula is C14H26N2O2. The Labute approximate surface area is 110 Å². The third-order valence-electron chi connectivity index (χ3n) is 4.40. The molecule has 2 saturated heterocycles. The Morgan fingerprint density at radius 3 is 2.44 bits per heavy atom. The van der Waals surface area contributed by atoms with E-state index in [0.717, 1.165) is 45.2 Å². The Morgan fingerprint density at radius 1 is 1.28 bits per heavy atom. The molecule has 2 heterocycles. The van der Waals surface area contributed by atoms with Gasteiger partial charge in [0, 0.05) is 6.54 Å². The second-order valence-corrected chi connectivity index (χ2v) is 6.09. The number of aliphatic hydroxyl groups is 1. The van der Waals surface area contributed by atoms with Gasteiger partial charge in [-0.3, -0.25) is 4.79 Å². The predicted molar refractivity (Wildman–Crippen MR) is 71.3 cm³/mol. The van der Waals surface area contributed by atoms with Crippen LogP contribution in [-0.2, 0) is 4.79 Å². The van der Waals surface area contributed by atoms with Crippen molar-refractivity contribution in [2.75, 3.05) is 26.2 Å². The molecule has 0 aromatic rings. The molecule has 0 aromatic carbocycles. The minimum absolute atomic E-state index is 0.192. The SMILES string of the molecule is CCCC1(O)CN(C(=O)C2(CCC)CCNC2)C1. The summed E-state index contributed by atoms with van der Waals surface area (Å²) in [5.74, 6) is 0.259. The molecule has 2 fully saturated rings. The molecule has 0 aliphatic carbocycles. The lowest BCUT2D eigenvalue weighted by Crippen LogP contribution is -2.66. The summed E-state index contributed by atoms with van der Waals surface area (Å²) in [6, 6.07) is 0. The number of hydrogen-bond donors (Lipinski definition) is 2. The number of nitrogens with one attached hydrogen (secondary N) is 1. The van der Waals surface area contributed by atoms with Crippen molar-refractivity contribution in [3.8, 4) is 0 Å². The van der Waals surface area contributed by atoms with E-state index in [9.17, 15) is 9.90 Å². The van der Waals surface area contributed by atoms with Crippen molar-refractivity contribution in [3.63, 3.8) is 0 Å². The van der Waals surface area contributed by atoms with Crippen LogP contribution < -0.4 is 5.32 Å². The maximum atomic E-state index is 12.6. The van der Waals surface area contributed by atoms with Gasteiger partial charge in [-0.1, -0.05) is 26.7 Å². The molecule has 4 nitrogen and oxygen atoms in total. The van der Waals surface area contributed by atoms with Crippen LogP contribution in [0.5, 0.6) is 0 Å². The van der Waals surface area contributed by atoms with Crippen molar-refractivity contribution < 1.29 is 9.90 Å². The van der Waals surface area contributed by atoms with Gasteiger partial charge in [0.1, 0.15) is 0 Å². The number of hydrogen-bond acceptors (Lipinski definition) is 3. The number of β-amino-alcohol motifs (C(OH)–C–C–N with tert-alkyl or cyclic N) is 1. The van der Waals surface area contributed by atoms with E-state index in [2.05, 4.69) is 19.2 Å². The molecule has 1 atom stereocenters. The zero-order chi connectivity index (χ0) is 13.2. The number of rotatable bonds is 5. The first-order valence-corrected chi connectivity index (χ1v) is 7.28. The minimum Gasteiger partial charge on any atom is -0.386 e. The Balaban J connectivity index is 1.95. The summed E-state index contributed by atoms with van der Waals surface area (Å²) >= 11 is 0. The molecule has 18 heavy (non-hydrogen) atoms. The zero-order valence-electron chi connectivity index (χ0n) is 11.7. The molecule has 1 amide bonds. The van der Waals surface area contributed by atoms with Crippen molar-refractivity contribution in [1.29, 1.82) is 0 Å². The standard InChI is InChI=1S/C14H26N2O2/c1-3-5-13(7-8-15-9-13)12(17)16-10-14(18,11-16)6-4-2/h15,18H,3-11H2,1-2H3. The molecule has 1 unspecified atom stereocenters. The lowest BCUT2D eigenvalue weighted by Gasteiger charge is -2.49. The third kappa shape index (κ3) is 2.41. The highest BCUT2D eigenvalue weighted by Crippen LogP contribution is 2.37. The van der Waals surface area contributed by atoms with Crippen LogP contribution in [0.2, 0.25) is 0 Å². The van der Waals surface area contributed by atoms with E-state index < -0.39 is 5.60 Å². The number of carbonyl (C=O) groups excluding carboxylic acids is 1. The van der Waals surface area contributed by atoms with E-state index in [4.69, 9.17) is 0 Å². The van der Waals surface area contributed by atoms with Crippen LogP contribution >= 0.6 is 0 Å². The molecule has 0 spiro atoms. The highest BCUT2D eigenvalue weighted by Gasteiger charge is 2.50. The van der Waals surface area contributed by atoms with E-state index in [-0.39, 0.29) is 11.3 Å². The van der Waals surface area contributed by atoms with Crippen LogP contribution in [0.15, 0.2) is 0 Å². The van der Waals surface area contributed by atoms with Gasteiger partial charge in [0.25, 0.3) is 0 Å². The molecule has 4 heteroatoms. The molecule has 2 rings (SSSR count). The molecular weight excluding hydrogens is 228 g/mol. The maximum absolute atomic E-state index is 12.6. The summed E-state index contributed by atoms with van der Waals surface area (Å²) in [5.41, 5.74) is -0.799. The van der Waals surface area contributed by atoms with E-state index in [0.29, 0.717) is 13.1 Å². The van der Waals surface area contributed by atoms with E-state index in [1.54, 1.807) is 0 Å². The molecule has 2 aliphatic heterocycles. The quantitative estimate of drug-likeness (QED) is 0.773. The molecule has 2 N–H and O–H groups in total. The number of likely N-dealkylation sites (tertiary alicyclic amines) is 1. The highest BCUT2D eigenvalue weighted by molar-refractivity contribution is 5.84. The first-order chi connectivity index (χ1) is 8.55. The molecule has 0 aromatic heterocycles. The maximum Gasteiger partial charge on any atom is 0.230 e. The summed E-state index contributed by atoms with van der Waals surface area (Å²) in [4.78, 5) is 14.5. The zero-order valence-corrected chi connectivity index (χ0v) is 11.7. The van der Waals surface area contributed by atoms with E-state index >= 15 is 0 Å². The lowest BCUT2D eigenvalue weighted by atomic mass is 9.78. The number of nitrogens with zero attached hydrogens (tertiary/aromatic N) is 1. The van der Waals surface area contributed by atoms with Gasteiger partial charge in [0.2, 0.25) is 5.91 Å². The van der Waals surface area contributed by atoms with E-state index in [1.165, 1.54) is 0 Å². The van der Waals surface area contributed by atoms with Gasteiger partial charge in [0.05, 0.1) is 24.1 Å². The fourth-order valence-electron chi connectivity index (χ4n) is 3.49. The Kier molecular flexibility index (Phi) is 3.97. The first-order valence-electron chi connectivity index (χ1n) is 7.28. The van der Waals surface area contributed by atoms with Gasteiger partial charge in [-0.05, 0) is 25.8 Å². The average Bonchev–Trinajstić information content (AvgIpc) is 2.75. The fourth-order valence-corrected chi connectivity index (χ4v) is 3.49. The minimum atomic E-state index is -0.607. The van der Waals surface area contributed by atoms with Crippen molar-refractivity contribution in [3.05, 3.63) is 0 Å². The Bertz CT molecular complexity index is 305. The monoisotopic (exact) mass is 254 g/mol.